The van der Waals surface area contributed by atoms with Crippen LogP contribution in [0.25, 0.3) is 21.8 Å². The van der Waals surface area contributed by atoms with Gasteiger partial charge < -0.3 is 18.9 Å². The van der Waals surface area contributed by atoms with Gasteiger partial charge in [0.15, 0.2) is 0 Å². The molecule has 3 heterocycles. The standard InChI is InChI=1S/C28H29ClN4O2/c1-30-24-9-5-4-8-22(24)25-23(18-33(28(35)26(25)30)21-6-2-3-7-21)27(34)32-16-14-31(15-17-32)20-12-10-19(29)11-13-20/h4-5,8-13,18,21H,2-3,6-7,14-17H2,1H3. The Morgan fingerprint density at radius 3 is 2.34 bits per heavy atom. The predicted molar refractivity (Wildman–Crippen MR) is 142 cm³/mol. The molecule has 35 heavy (non-hydrogen) atoms. The molecule has 1 saturated carbocycles. The van der Waals surface area contributed by atoms with E-state index < -0.39 is 0 Å². The zero-order chi connectivity index (χ0) is 24.1. The lowest BCUT2D eigenvalue weighted by molar-refractivity contribution is 0.0747. The third-order valence-electron chi connectivity index (χ3n) is 7.79. The van der Waals surface area contributed by atoms with E-state index >= 15 is 0 Å². The summed E-state index contributed by atoms with van der Waals surface area (Å²) in [5.74, 6) is 0.00820. The minimum Gasteiger partial charge on any atom is -0.368 e. The third-order valence-corrected chi connectivity index (χ3v) is 8.04. The third kappa shape index (κ3) is 3.71. The number of anilines is 1. The molecular formula is C28H29ClN4O2. The van der Waals surface area contributed by atoms with Gasteiger partial charge >= 0.3 is 0 Å². The van der Waals surface area contributed by atoms with Gasteiger partial charge in [-0.05, 0) is 43.2 Å². The monoisotopic (exact) mass is 488 g/mol. The van der Waals surface area contributed by atoms with E-state index in [1.165, 1.54) is 0 Å². The molecule has 2 aromatic heterocycles. The summed E-state index contributed by atoms with van der Waals surface area (Å²) in [6, 6.07) is 16.0. The number of rotatable bonds is 3. The van der Waals surface area contributed by atoms with E-state index in [-0.39, 0.29) is 17.5 Å². The smallest absolute Gasteiger partial charge is 0.275 e. The Morgan fingerprint density at radius 2 is 1.63 bits per heavy atom. The van der Waals surface area contributed by atoms with Crippen LogP contribution in [0.2, 0.25) is 5.02 Å². The first-order chi connectivity index (χ1) is 17.0. The molecular weight excluding hydrogens is 460 g/mol. The van der Waals surface area contributed by atoms with Crippen LogP contribution < -0.4 is 10.5 Å². The number of carbonyl (C=O) groups is 1. The number of aryl methyl sites for hydroxylation is 1. The normalized spacial score (nSPS) is 17.1. The number of pyridine rings is 1. The van der Waals surface area contributed by atoms with Crippen molar-refractivity contribution in [2.75, 3.05) is 31.1 Å². The molecule has 4 aromatic rings. The summed E-state index contributed by atoms with van der Waals surface area (Å²) >= 11 is 6.05. The summed E-state index contributed by atoms with van der Waals surface area (Å²) in [6.07, 6.45) is 6.09. The van der Waals surface area contributed by atoms with Crippen LogP contribution in [0.1, 0.15) is 42.1 Å². The molecule has 1 amide bonds. The molecule has 2 aliphatic rings. The van der Waals surface area contributed by atoms with E-state index in [0.29, 0.717) is 24.2 Å². The molecule has 2 fully saturated rings. The average Bonchev–Trinajstić information content (AvgIpc) is 3.52. The molecule has 0 unspecified atom stereocenters. The van der Waals surface area contributed by atoms with Crippen molar-refractivity contribution in [3.05, 3.63) is 75.7 Å². The molecule has 1 aliphatic heterocycles. The number of piperazine rings is 1. The zero-order valence-corrected chi connectivity index (χ0v) is 20.7. The number of hydrogen-bond acceptors (Lipinski definition) is 3. The van der Waals surface area contributed by atoms with Crippen molar-refractivity contribution in [1.82, 2.24) is 14.0 Å². The Bertz CT molecular complexity index is 1470. The zero-order valence-electron chi connectivity index (χ0n) is 19.9. The number of benzene rings is 2. The molecule has 1 saturated heterocycles. The number of halogens is 1. The summed E-state index contributed by atoms with van der Waals surface area (Å²) in [5.41, 5.74) is 3.37. The maximum absolute atomic E-state index is 14.0. The first kappa shape index (κ1) is 22.2. The van der Waals surface area contributed by atoms with Gasteiger partial charge in [-0.2, -0.15) is 0 Å². The van der Waals surface area contributed by atoms with Gasteiger partial charge in [-0.3, -0.25) is 9.59 Å². The highest BCUT2D eigenvalue weighted by Crippen LogP contribution is 2.33. The van der Waals surface area contributed by atoms with E-state index in [1.807, 2.05) is 75.8 Å². The lowest BCUT2D eigenvalue weighted by Gasteiger charge is -2.36. The number of carbonyl (C=O) groups excluding carboxylic acids is 1. The first-order valence-electron chi connectivity index (χ1n) is 12.4. The van der Waals surface area contributed by atoms with E-state index in [1.54, 1.807) is 0 Å². The topological polar surface area (TPSA) is 50.5 Å². The Kier molecular flexibility index (Phi) is 5.56. The van der Waals surface area contributed by atoms with E-state index in [2.05, 4.69) is 4.90 Å². The fraction of sp³-hybridized carbons (Fsp3) is 0.357. The van der Waals surface area contributed by atoms with Gasteiger partial charge in [-0.15, -0.1) is 0 Å². The molecule has 1 aliphatic carbocycles. The van der Waals surface area contributed by atoms with Crippen LogP contribution in [-0.4, -0.2) is 46.1 Å². The molecule has 0 atom stereocenters. The van der Waals surface area contributed by atoms with Crippen LogP contribution in [0, 0.1) is 0 Å². The van der Waals surface area contributed by atoms with Crippen LogP contribution in [0.5, 0.6) is 0 Å². The summed E-state index contributed by atoms with van der Waals surface area (Å²) in [4.78, 5) is 31.9. The van der Waals surface area contributed by atoms with Crippen molar-refractivity contribution >= 4 is 45.0 Å². The van der Waals surface area contributed by atoms with Crippen molar-refractivity contribution in [2.45, 2.75) is 31.7 Å². The highest BCUT2D eigenvalue weighted by Gasteiger charge is 2.29. The molecule has 0 bridgehead atoms. The summed E-state index contributed by atoms with van der Waals surface area (Å²) in [5, 5.41) is 2.47. The molecule has 0 spiro atoms. The van der Waals surface area contributed by atoms with Crippen molar-refractivity contribution in [2.24, 2.45) is 7.05 Å². The van der Waals surface area contributed by atoms with E-state index in [4.69, 9.17) is 11.6 Å². The number of nitrogens with zero attached hydrogens (tertiary/aromatic N) is 4. The molecule has 2 aromatic carbocycles. The second-order valence-electron chi connectivity index (χ2n) is 9.75. The number of fused-ring (bicyclic) bond motifs is 3. The largest absolute Gasteiger partial charge is 0.368 e. The minimum absolute atomic E-state index is 0.00820. The molecule has 0 N–H and O–H groups in total. The predicted octanol–water partition coefficient (Wildman–Crippen LogP) is 5.22. The van der Waals surface area contributed by atoms with Crippen LogP contribution >= 0.6 is 11.6 Å². The number of hydrogen-bond donors (Lipinski definition) is 0. The van der Waals surface area contributed by atoms with Gasteiger partial charge in [-0.1, -0.05) is 42.6 Å². The van der Waals surface area contributed by atoms with Crippen molar-refractivity contribution in [3.63, 3.8) is 0 Å². The quantitative estimate of drug-likeness (QED) is 0.397. The van der Waals surface area contributed by atoms with Crippen LogP contribution in [0.15, 0.2) is 59.5 Å². The van der Waals surface area contributed by atoms with E-state index in [9.17, 15) is 9.59 Å². The Hall–Kier alpha value is -3.25. The van der Waals surface area contributed by atoms with Gasteiger partial charge in [0.1, 0.15) is 5.52 Å². The van der Waals surface area contributed by atoms with Crippen LogP contribution in [-0.2, 0) is 7.05 Å². The van der Waals surface area contributed by atoms with Gasteiger partial charge in [0.2, 0.25) is 0 Å². The molecule has 7 heteroatoms. The van der Waals surface area contributed by atoms with Gasteiger partial charge in [-0.25, -0.2) is 0 Å². The van der Waals surface area contributed by atoms with Crippen LogP contribution in [0.4, 0.5) is 5.69 Å². The first-order valence-corrected chi connectivity index (χ1v) is 12.8. The molecule has 6 rings (SSSR count). The van der Waals surface area contributed by atoms with Crippen molar-refractivity contribution in [1.29, 1.82) is 0 Å². The fourth-order valence-electron chi connectivity index (χ4n) is 5.91. The summed E-state index contributed by atoms with van der Waals surface area (Å²) in [6.45, 7) is 2.79. The van der Waals surface area contributed by atoms with Gasteiger partial charge in [0.05, 0.1) is 5.56 Å². The van der Waals surface area contributed by atoms with Crippen LogP contribution in [0.3, 0.4) is 0 Å². The van der Waals surface area contributed by atoms with Gasteiger partial charge in [0, 0.05) is 72.5 Å². The molecule has 0 radical (unpaired) electrons. The Labute approximate surface area is 209 Å². The second-order valence-corrected chi connectivity index (χ2v) is 10.2. The molecule has 6 nitrogen and oxygen atoms in total. The second kappa shape index (κ2) is 8.76. The van der Waals surface area contributed by atoms with Gasteiger partial charge in [0.25, 0.3) is 11.5 Å². The minimum atomic E-state index is 0.00820. The average molecular weight is 489 g/mol. The Morgan fingerprint density at radius 1 is 0.943 bits per heavy atom. The maximum Gasteiger partial charge on any atom is 0.275 e. The molecule has 180 valence electrons. The lowest BCUT2D eigenvalue weighted by atomic mass is 10.1. The summed E-state index contributed by atoms with van der Waals surface area (Å²) < 4.78 is 3.82. The number of para-hydroxylation sites is 1. The highest BCUT2D eigenvalue weighted by molar-refractivity contribution is 6.30. The van der Waals surface area contributed by atoms with Crippen molar-refractivity contribution in [3.8, 4) is 0 Å². The Balaban J connectivity index is 1.40. The number of aromatic nitrogens is 2. The maximum atomic E-state index is 14.0. The SMILES string of the molecule is Cn1c2ccccc2c2c(C(=O)N3CCN(c4ccc(Cl)cc4)CC3)cn(C3CCCC3)c(=O)c21. The lowest BCUT2D eigenvalue weighted by Crippen LogP contribution is -2.49. The summed E-state index contributed by atoms with van der Waals surface area (Å²) in [7, 11) is 1.93. The fourth-order valence-corrected chi connectivity index (χ4v) is 6.03. The van der Waals surface area contributed by atoms with E-state index in [0.717, 1.165) is 65.8 Å². The highest BCUT2D eigenvalue weighted by atomic mass is 35.5. The van der Waals surface area contributed by atoms with Crippen molar-refractivity contribution < 1.29 is 4.79 Å². The number of amides is 1.